The Balaban J connectivity index is 2.38. The lowest BCUT2D eigenvalue weighted by molar-refractivity contribution is 0.621. The Kier molecular flexibility index (Phi) is 3.30. The highest BCUT2D eigenvalue weighted by atomic mass is 15.1. The van der Waals surface area contributed by atoms with Crippen molar-refractivity contribution in [1.82, 2.24) is 14.5 Å². The van der Waals surface area contributed by atoms with Crippen molar-refractivity contribution in [2.75, 3.05) is 5.73 Å². The summed E-state index contributed by atoms with van der Waals surface area (Å²) < 4.78 is 2.32. The molecule has 4 nitrogen and oxygen atoms in total. The first kappa shape index (κ1) is 12.9. The molecule has 0 aliphatic carbocycles. The van der Waals surface area contributed by atoms with E-state index in [0.717, 1.165) is 47.1 Å². The van der Waals surface area contributed by atoms with Crippen LogP contribution in [0.1, 0.15) is 32.5 Å². The van der Waals surface area contributed by atoms with Gasteiger partial charge in [0.05, 0.1) is 11.0 Å². The molecule has 0 atom stereocenters. The number of rotatable bonds is 4. The fourth-order valence-electron chi connectivity index (χ4n) is 2.73. The Morgan fingerprint density at radius 1 is 1.15 bits per heavy atom. The molecule has 3 aromatic rings. The van der Waals surface area contributed by atoms with Crippen LogP contribution in [0.4, 0.5) is 5.82 Å². The number of fused-ring (bicyclic) bond motifs is 3. The Hall–Kier alpha value is -2.10. The van der Waals surface area contributed by atoms with E-state index < -0.39 is 0 Å². The molecule has 20 heavy (non-hydrogen) atoms. The van der Waals surface area contributed by atoms with Gasteiger partial charge < -0.3 is 10.3 Å². The van der Waals surface area contributed by atoms with E-state index in [9.17, 15) is 0 Å². The number of unbranched alkanes of at least 4 members (excludes halogenated alkanes) is 1. The van der Waals surface area contributed by atoms with E-state index in [1.807, 2.05) is 18.2 Å². The number of nitrogen functional groups attached to an aromatic ring is 1. The van der Waals surface area contributed by atoms with Crippen molar-refractivity contribution in [1.29, 1.82) is 0 Å². The molecule has 0 aliphatic heterocycles. The van der Waals surface area contributed by atoms with Crippen molar-refractivity contribution in [3.8, 4) is 0 Å². The van der Waals surface area contributed by atoms with Gasteiger partial charge in [0.15, 0.2) is 5.82 Å². The second kappa shape index (κ2) is 5.12. The summed E-state index contributed by atoms with van der Waals surface area (Å²) >= 11 is 0. The molecule has 0 saturated heterocycles. The van der Waals surface area contributed by atoms with E-state index >= 15 is 0 Å². The van der Waals surface area contributed by atoms with Gasteiger partial charge in [-0.3, -0.25) is 0 Å². The molecule has 0 bridgehead atoms. The van der Waals surface area contributed by atoms with Gasteiger partial charge in [-0.1, -0.05) is 38.5 Å². The first-order valence-electron chi connectivity index (χ1n) is 7.29. The third-order valence-electron chi connectivity index (χ3n) is 3.74. The van der Waals surface area contributed by atoms with E-state index in [2.05, 4.69) is 29.5 Å². The first-order valence-corrected chi connectivity index (χ1v) is 7.29. The van der Waals surface area contributed by atoms with Gasteiger partial charge in [-0.25, -0.2) is 9.97 Å². The van der Waals surface area contributed by atoms with Crippen molar-refractivity contribution in [2.45, 2.75) is 39.7 Å². The Morgan fingerprint density at radius 3 is 2.70 bits per heavy atom. The molecule has 0 unspecified atom stereocenters. The number of hydrogen-bond acceptors (Lipinski definition) is 3. The normalized spacial score (nSPS) is 11.5. The van der Waals surface area contributed by atoms with Crippen molar-refractivity contribution in [2.24, 2.45) is 0 Å². The largest absolute Gasteiger partial charge is 0.382 e. The average Bonchev–Trinajstić information content (AvgIpc) is 2.84. The number of nitrogens with zero attached hydrogens (tertiary/aromatic N) is 3. The molecule has 3 rings (SSSR count). The van der Waals surface area contributed by atoms with Gasteiger partial charge in [-0.05, 0) is 12.5 Å². The smallest absolute Gasteiger partial charge is 0.152 e. The number of para-hydroxylation sites is 1. The predicted molar refractivity (Wildman–Crippen MR) is 83.7 cm³/mol. The maximum atomic E-state index is 6.10. The quantitative estimate of drug-likeness (QED) is 0.787. The van der Waals surface area contributed by atoms with Gasteiger partial charge in [0.25, 0.3) is 0 Å². The molecule has 0 amide bonds. The van der Waals surface area contributed by atoms with E-state index in [1.54, 1.807) is 0 Å². The third kappa shape index (κ3) is 1.92. The minimum atomic E-state index is 0.531. The number of nitrogens with two attached hydrogens (primary N) is 1. The molecule has 0 aliphatic rings. The summed E-state index contributed by atoms with van der Waals surface area (Å²) in [6, 6.07) is 8.15. The van der Waals surface area contributed by atoms with Crippen LogP contribution in [0.25, 0.3) is 21.9 Å². The van der Waals surface area contributed by atoms with Crippen molar-refractivity contribution in [3.63, 3.8) is 0 Å². The monoisotopic (exact) mass is 268 g/mol. The lowest BCUT2D eigenvalue weighted by Crippen LogP contribution is -2.03. The Morgan fingerprint density at radius 2 is 1.95 bits per heavy atom. The zero-order chi connectivity index (χ0) is 14.1. The molecule has 1 aromatic carbocycles. The van der Waals surface area contributed by atoms with E-state index in [1.165, 1.54) is 6.42 Å². The fourth-order valence-corrected chi connectivity index (χ4v) is 2.73. The molecule has 104 valence electrons. The van der Waals surface area contributed by atoms with E-state index in [-0.39, 0.29) is 0 Å². The third-order valence-corrected chi connectivity index (χ3v) is 3.74. The summed E-state index contributed by atoms with van der Waals surface area (Å²) in [6.45, 7) is 5.33. The summed E-state index contributed by atoms with van der Waals surface area (Å²) in [5.74, 6) is 1.63. The highest BCUT2D eigenvalue weighted by Gasteiger charge is 2.15. The molecule has 2 heterocycles. The molecule has 0 saturated carbocycles. The van der Waals surface area contributed by atoms with Gasteiger partial charge in [0, 0.05) is 18.4 Å². The number of aryl methyl sites for hydroxylation is 2. The summed E-state index contributed by atoms with van der Waals surface area (Å²) in [5.41, 5.74) is 9.02. The van der Waals surface area contributed by atoms with Gasteiger partial charge in [-0.15, -0.1) is 0 Å². The Bertz CT molecular complexity index is 758. The number of pyridine rings is 1. The summed E-state index contributed by atoms with van der Waals surface area (Å²) in [5, 5.41) is 1.14. The highest BCUT2D eigenvalue weighted by Crippen LogP contribution is 2.29. The van der Waals surface area contributed by atoms with Crippen LogP contribution in [0.3, 0.4) is 0 Å². The summed E-state index contributed by atoms with van der Waals surface area (Å²) in [4.78, 5) is 9.18. The number of hydrogen-bond donors (Lipinski definition) is 1. The van der Waals surface area contributed by atoms with Crippen LogP contribution in [-0.4, -0.2) is 14.5 Å². The van der Waals surface area contributed by atoms with Crippen LogP contribution in [-0.2, 0) is 13.0 Å². The molecule has 0 fully saturated rings. The van der Waals surface area contributed by atoms with Crippen LogP contribution in [0, 0.1) is 0 Å². The zero-order valence-corrected chi connectivity index (χ0v) is 12.1. The van der Waals surface area contributed by atoms with Gasteiger partial charge in [0.2, 0.25) is 0 Å². The minimum Gasteiger partial charge on any atom is -0.382 e. The number of anilines is 1. The Labute approximate surface area is 118 Å². The molecular formula is C16H20N4. The minimum absolute atomic E-state index is 0.531. The highest BCUT2D eigenvalue weighted by molar-refractivity contribution is 6.06. The van der Waals surface area contributed by atoms with Crippen molar-refractivity contribution in [3.05, 3.63) is 30.1 Å². The predicted octanol–water partition coefficient (Wildman–Crippen LogP) is 3.53. The van der Waals surface area contributed by atoms with Gasteiger partial charge >= 0.3 is 0 Å². The van der Waals surface area contributed by atoms with Crippen molar-refractivity contribution < 1.29 is 0 Å². The number of benzene rings is 1. The van der Waals surface area contributed by atoms with Crippen LogP contribution in [0.2, 0.25) is 0 Å². The number of aromatic nitrogens is 3. The molecule has 2 aromatic heterocycles. The van der Waals surface area contributed by atoms with E-state index in [4.69, 9.17) is 10.7 Å². The second-order valence-electron chi connectivity index (χ2n) is 5.10. The summed E-state index contributed by atoms with van der Waals surface area (Å²) in [6.07, 6.45) is 3.22. The molecule has 0 spiro atoms. The number of imidazole rings is 1. The first-order chi connectivity index (χ1) is 9.76. The summed E-state index contributed by atoms with van der Waals surface area (Å²) in [7, 11) is 0. The maximum Gasteiger partial charge on any atom is 0.152 e. The van der Waals surface area contributed by atoms with Gasteiger partial charge in [0.1, 0.15) is 11.3 Å². The standard InChI is InChI=1S/C16H20N4/c1-3-5-10-20-13(4-2)19-14-15(20)11-8-6-7-9-12(11)18-16(14)17/h6-9H,3-5,10H2,1-2H3,(H2,17,18). The van der Waals surface area contributed by atoms with Crippen LogP contribution >= 0.6 is 0 Å². The fraction of sp³-hybridized carbons (Fsp3) is 0.375. The molecule has 2 N–H and O–H groups in total. The molecule has 0 radical (unpaired) electrons. The topological polar surface area (TPSA) is 56.7 Å². The molecule has 4 heteroatoms. The average molecular weight is 268 g/mol. The maximum absolute atomic E-state index is 6.10. The van der Waals surface area contributed by atoms with Crippen LogP contribution in [0.5, 0.6) is 0 Å². The zero-order valence-electron chi connectivity index (χ0n) is 12.1. The molecular weight excluding hydrogens is 248 g/mol. The van der Waals surface area contributed by atoms with Crippen molar-refractivity contribution >= 4 is 27.8 Å². The lowest BCUT2D eigenvalue weighted by Gasteiger charge is -2.09. The van der Waals surface area contributed by atoms with E-state index in [0.29, 0.717) is 5.82 Å². The second-order valence-corrected chi connectivity index (χ2v) is 5.10. The van der Waals surface area contributed by atoms with Crippen LogP contribution < -0.4 is 5.73 Å². The van der Waals surface area contributed by atoms with Gasteiger partial charge in [-0.2, -0.15) is 0 Å². The SMILES string of the molecule is CCCCn1c(CC)nc2c(N)nc3ccccc3c21. The lowest BCUT2D eigenvalue weighted by atomic mass is 10.2. The van der Waals surface area contributed by atoms with Crippen LogP contribution in [0.15, 0.2) is 24.3 Å².